The van der Waals surface area contributed by atoms with E-state index in [0.29, 0.717) is 29.7 Å². The largest absolute Gasteiger partial charge is 0.368 e. The Morgan fingerprint density at radius 1 is 0.703 bits per heavy atom. The van der Waals surface area contributed by atoms with Crippen molar-refractivity contribution in [2.75, 3.05) is 44.4 Å². The molecule has 0 amide bonds. The van der Waals surface area contributed by atoms with Gasteiger partial charge in [-0.3, -0.25) is 10.1 Å². The van der Waals surface area contributed by atoms with Crippen LogP contribution in [0.3, 0.4) is 0 Å². The summed E-state index contributed by atoms with van der Waals surface area (Å²) in [4.78, 5) is 34.3. The average molecular weight is 982 g/mol. The van der Waals surface area contributed by atoms with Crippen molar-refractivity contribution in [3.63, 3.8) is 0 Å². The number of halogens is 22. The Morgan fingerprint density at radius 3 is 1.73 bits per heavy atom. The summed E-state index contributed by atoms with van der Waals surface area (Å²) in [6.45, 7) is 4.24. The van der Waals surface area contributed by atoms with E-state index in [9.17, 15) is 10.1 Å². The number of nitrogens with zero attached hydrogens (tertiary/aromatic N) is 8. The summed E-state index contributed by atoms with van der Waals surface area (Å²) < 4.78 is 178. The van der Waals surface area contributed by atoms with Crippen molar-refractivity contribution in [2.24, 2.45) is 0 Å². The van der Waals surface area contributed by atoms with Crippen molar-refractivity contribution in [3.05, 3.63) is 82.3 Å². The molecular formula is C31H33F22N9O2. The third-order valence-corrected chi connectivity index (χ3v) is 7.74. The highest BCUT2D eigenvalue weighted by atomic mass is 20.0. The molecule has 4 heterocycles. The van der Waals surface area contributed by atoms with Gasteiger partial charge in [-0.2, -0.15) is 0 Å². The third kappa shape index (κ3) is 21.1. The Labute approximate surface area is 345 Å². The first-order chi connectivity index (χ1) is 31.3. The number of hydrogen-bond donors (Lipinski definition) is 1. The van der Waals surface area contributed by atoms with Crippen LogP contribution in [-0.4, -0.2) is 68.6 Å². The molecule has 0 saturated heterocycles. The Kier molecular flexibility index (Phi) is 49.9. The number of likely N-dealkylation sites (N-methyl/N-ethyl adjacent to an activating group) is 2. The second-order valence-corrected chi connectivity index (χ2v) is 10.9. The third-order valence-electron chi connectivity index (χ3n) is 7.74. The molecule has 0 radical (unpaired) electrons. The van der Waals surface area contributed by atoms with Gasteiger partial charge in [0.1, 0.15) is 5.69 Å². The first-order valence-corrected chi connectivity index (χ1v) is 15.6. The van der Waals surface area contributed by atoms with Crippen LogP contribution in [0.2, 0.25) is 0 Å². The summed E-state index contributed by atoms with van der Waals surface area (Å²) in [6, 6.07) is 13.5. The molecule has 64 heavy (non-hydrogen) atoms. The maximum absolute atomic E-state index is 12.1. The van der Waals surface area contributed by atoms with Gasteiger partial charge in [-0.05, 0) is 63.2 Å². The number of nitro benzene ring substituents is 1. The average Bonchev–Trinajstić information content (AvgIpc) is 3.74. The number of para-hydroxylation sites is 1. The number of hydrogen-bond acceptors (Lipinski definition) is 9. The van der Waals surface area contributed by atoms with Crippen LogP contribution in [0.1, 0.15) is 17.5 Å². The molecule has 5 aromatic rings. The zero-order valence-electron chi connectivity index (χ0n) is 32.5. The molecule has 0 spiro atoms. The molecule has 0 bridgehead atoms. The quantitative estimate of drug-likeness (QED) is 0.0875. The number of benzene rings is 2. The lowest BCUT2D eigenvalue weighted by molar-refractivity contribution is -0.384. The molecule has 1 N–H and O–H groups in total. The molecule has 2 aromatic carbocycles. The molecular weight excluding hydrogens is 948 g/mol. The number of nitro groups is 1. The molecule has 33 heteroatoms. The Balaban J connectivity index is -0.000000335. The van der Waals surface area contributed by atoms with Gasteiger partial charge in [0.2, 0.25) is 5.95 Å². The second kappa shape index (κ2) is 46.1. The van der Waals surface area contributed by atoms with Crippen molar-refractivity contribution in [1.29, 1.82) is 0 Å². The summed E-state index contributed by atoms with van der Waals surface area (Å²) in [5, 5.41) is 16.4. The van der Waals surface area contributed by atoms with E-state index in [0.717, 1.165) is 53.8 Å². The predicted octanol–water partition coefficient (Wildman–Crippen LogP) is 14.7. The Hall–Kier alpha value is -6.44. The topological polar surface area (TPSA) is 118 Å². The molecule has 0 aliphatic carbocycles. The van der Waals surface area contributed by atoms with E-state index < -0.39 is 0 Å². The van der Waals surface area contributed by atoms with Crippen molar-refractivity contribution < 1.29 is 106 Å². The van der Waals surface area contributed by atoms with Crippen molar-refractivity contribution in [2.45, 2.75) is 26.3 Å². The SMILES string of the molecule is Cc1cc(N(C)CCN(C)C)c([N+](=O)[O-])cc1Nc1nccc(-c2c(-c3ncccn3)n3c4c(cccc24)CCC3)n1.FF.FF.FF.FF.FF.FF.FF.FF.FF.FF.FF. The van der Waals surface area contributed by atoms with Crippen LogP contribution in [-0.2, 0) is 13.0 Å². The molecule has 0 saturated carbocycles. The van der Waals surface area contributed by atoms with Crippen molar-refractivity contribution >= 4 is 33.9 Å². The number of nitrogens with one attached hydrogen (secondary N) is 1. The summed E-state index contributed by atoms with van der Waals surface area (Å²) in [5.41, 5.74) is 7.13. The van der Waals surface area contributed by atoms with Gasteiger partial charge >= 0.3 is 0 Å². The van der Waals surface area contributed by atoms with Gasteiger partial charge in [0, 0.05) is 163 Å². The minimum absolute atomic E-state index is 0.0259. The zero-order chi connectivity index (χ0) is 51.4. The maximum Gasteiger partial charge on any atom is 0.294 e. The van der Waals surface area contributed by atoms with E-state index in [-0.39, 0.29) is 10.6 Å². The second-order valence-electron chi connectivity index (χ2n) is 10.9. The molecule has 368 valence electrons. The van der Waals surface area contributed by atoms with Gasteiger partial charge < -0.3 is 19.7 Å². The van der Waals surface area contributed by atoms with E-state index in [2.05, 4.69) is 43.0 Å². The monoisotopic (exact) mass is 981 g/mol. The van der Waals surface area contributed by atoms with Gasteiger partial charge in [0.25, 0.3) is 5.69 Å². The minimum Gasteiger partial charge on any atom is -0.368 e. The molecule has 3 aromatic heterocycles. The normalized spacial score (nSPS) is 9.30. The number of rotatable bonds is 9. The molecule has 0 unspecified atom stereocenters. The van der Waals surface area contributed by atoms with E-state index >= 15 is 0 Å². The van der Waals surface area contributed by atoms with E-state index in [1.807, 2.05) is 56.1 Å². The molecule has 0 atom stereocenters. The lowest BCUT2D eigenvalue weighted by Gasteiger charge is -2.22. The van der Waals surface area contributed by atoms with E-state index in [1.165, 1.54) is 11.1 Å². The van der Waals surface area contributed by atoms with Crippen molar-refractivity contribution in [3.8, 4) is 22.8 Å². The van der Waals surface area contributed by atoms with Crippen molar-refractivity contribution in [1.82, 2.24) is 29.4 Å². The Morgan fingerprint density at radius 2 is 1.23 bits per heavy atom. The lowest BCUT2D eigenvalue weighted by Crippen LogP contribution is -2.29. The molecule has 1 aliphatic rings. The van der Waals surface area contributed by atoms with Gasteiger partial charge in [0.15, 0.2) is 5.82 Å². The van der Waals surface area contributed by atoms with Gasteiger partial charge in [-0.25, -0.2) is 19.9 Å². The predicted molar refractivity (Wildman–Crippen MR) is 190 cm³/mol. The van der Waals surface area contributed by atoms with Crippen LogP contribution in [0.5, 0.6) is 0 Å². The molecule has 11 nitrogen and oxygen atoms in total. The standard InChI is InChI=1S/C31H33N9O2.11F2/c1-20-18-25(38(4)17-16-37(2)3)26(40(41)42)19-24(20)36-31-34-14-11-23(35-31)27-22-10-5-8-21-9-6-15-39(28(21)22)29(27)30-32-12-7-13-33-30;11*1-2/h5,7-8,10-14,18-19H,6,9,15-17H2,1-4H3,(H,34,35,36);;;;;;;;;;;. The summed E-state index contributed by atoms with van der Waals surface area (Å²) in [6.07, 6.45) is 7.27. The first kappa shape index (κ1) is 69.3. The number of aromatic nitrogens is 5. The highest BCUT2D eigenvalue weighted by Crippen LogP contribution is 2.42. The highest BCUT2D eigenvalue weighted by molar-refractivity contribution is 6.04. The fourth-order valence-corrected chi connectivity index (χ4v) is 5.67. The molecule has 0 fully saturated rings. The van der Waals surface area contributed by atoms with Gasteiger partial charge in [-0.15, -0.1) is 0 Å². The Bertz CT molecular complexity index is 1840. The van der Waals surface area contributed by atoms with Crippen LogP contribution < -0.4 is 10.2 Å². The van der Waals surface area contributed by atoms with E-state index in [1.54, 1.807) is 24.7 Å². The van der Waals surface area contributed by atoms with Crippen LogP contribution in [0.15, 0.2) is 61.1 Å². The highest BCUT2D eigenvalue weighted by Gasteiger charge is 2.26. The van der Waals surface area contributed by atoms with Gasteiger partial charge in [0.05, 0.1) is 27.5 Å². The summed E-state index contributed by atoms with van der Waals surface area (Å²) in [7, 11) is 5.83. The zero-order valence-corrected chi connectivity index (χ0v) is 32.5. The lowest BCUT2D eigenvalue weighted by atomic mass is 10.0. The molecule has 6 rings (SSSR count). The summed E-state index contributed by atoms with van der Waals surface area (Å²) >= 11 is 0. The smallest absolute Gasteiger partial charge is 0.294 e. The molecule has 1 aliphatic heterocycles. The van der Waals surface area contributed by atoms with Crippen LogP contribution in [0.4, 0.5) is 124 Å². The fraction of sp³-hybridized carbons (Fsp3) is 0.290. The van der Waals surface area contributed by atoms with Crippen LogP contribution in [0, 0.1) is 17.0 Å². The van der Waals surface area contributed by atoms with Gasteiger partial charge in [-0.1, -0.05) is 18.2 Å². The number of aryl methyl sites for hydroxylation is 3. The first-order valence-electron chi connectivity index (χ1n) is 15.6. The minimum atomic E-state index is -0.344. The van der Waals surface area contributed by atoms with E-state index in [4.69, 9.17) is 106 Å². The summed E-state index contributed by atoms with van der Waals surface area (Å²) in [5.74, 6) is 0.996. The van der Waals surface area contributed by atoms with Crippen LogP contribution >= 0.6 is 0 Å². The number of anilines is 3. The maximum atomic E-state index is 12.1. The van der Waals surface area contributed by atoms with Crippen LogP contribution in [0.25, 0.3) is 33.7 Å². The fourth-order valence-electron chi connectivity index (χ4n) is 5.67.